The van der Waals surface area contributed by atoms with Crippen LogP contribution in [0.25, 0.3) is 11.0 Å². The summed E-state index contributed by atoms with van der Waals surface area (Å²) in [6.07, 6.45) is 0. The molecule has 8 nitrogen and oxygen atoms in total. The number of fused-ring (bicyclic) bond motifs is 1. The highest BCUT2D eigenvalue weighted by Crippen LogP contribution is 2.17. The van der Waals surface area contributed by atoms with E-state index in [2.05, 4.69) is 10.1 Å². The van der Waals surface area contributed by atoms with Gasteiger partial charge in [0.1, 0.15) is 5.58 Å². The zero-order chi connectivity index (χ0) is 17.0. The van der Waals surface area contributed by atoms with Crippen molar-refractivity contribution in [3.63, 3.8) is 0 Å². The Morgan fingerprint density at radius 2 is 2.00 bits per heavy atom. The van der Waals surface area contributed by atoms with E-state index in [-0.39, 0.29) is 16.7 Å². The number of halogens is 1. The predicted octanol–water partition coefficient (Wildman–Crippen LogP) is 1.06. The van der Waals surface area contributed by atoms with Crippen molar-refractivity contribution in [2.45, 2.75) is 0 Å². The Morgan fingerprint density at radius 1 is 1.26 bits per heavy atom. The number of carbonyl (C=O) groups is 3. The summed E-state index contributed by atoms with van der Waals surface area (Å²) >= 11 is 5.78. The number of imide groups is 1. The minimum Gasteiger partial charge on any atom is -0.450 e. The van der Waals surface area contributed by atoms with Gasteiger partial charge in [0.25, 0.3) is 5.91 Å². The molecule has 0 spiro atoms. The van der Waals surface area contributed by atoms with Gasteiger partial charge in [-0.3, -0.25) is 14.9 Å². The summed E-state index contributed by atoms with van der Waals surface area (Å²) in [7, 11) is 1.32. The van der Waals surface area contributed by atoms with Crippen LogP contribution in [0.4, 0.5) is 4.79 Å². The van der Waals surface area contributed by atoms with Crippen molar-refractivity contribution < 1.29 is 23.5 Å². The molecule has 0 fully saturated rings. The van der Waals surface area contributed by atoms with Gasteiger partial charge in [-0.25, -0.2) is 9.59 Å². The number of hydrogen-bond acceptors (Lipinski definition) is 6. The summed E-state index contributed by atoms with van der Waals surface area (Å²) in [5.41, 5.74) is -0.320. The maximum Gasteiger partial charge on any atom is 0.374 e. The third-order valence-electron chi connectivity index (χ3n) is 2.70. The van der Waals surface area contributed by atoms with Gasteiger partial charge in [0.05, 0.1) is 5.39 Å². The van der Waals surface area contributed by atoms with Gasteiger partial charge in [0.2, 0.25) is 5.76 Å². The highest BCUT2D eigenvalue weighted by molar-refractivity contribution is 6.31. The van der Waals surface area contributed by atoms with E-state index in [4.69, 9.17) is 16.0 Å². The first-order chi connectivity index (χ1) is 10.9. The number of hydrogen-bond donors (Lipinski definition) is 2. The number of esters is 1. The van der Waals surface area contributed by atoms with E-state index in [1.165, 1.54) is 25.2 Å². The molecule has 0 aliphatic heterocycles. The quantitative estimate of drug-likeness (QED) is 0.809. The lowest BCUT2D eigenvalue weighted by Crippen LogP contribution is -2.39. The number of ether oxygens (including phenoxy) is 1. The molecule has 23 heavy (non-hydrogen) atoms. The topological polar surface area (TPSA) is 115 Å². The molecule has 0 aliphatic carbocycles. The largest absolute Gasteiger partial charge is 0.450 e. The van der Waals surface area contributed by atoms with Crippen molar-refractivity contribution in [1.29, 1.82) is 0 Å². The van der Waals surface area contributed by atoms with Crippen LogP contribution in [0.5, 0.6) is 0 Å². The Kier molecular flexibility index (Phi) is 4.97. The maximum atomic E-state index is 11.9. The molecule has 120 valence electrons. The molecule has 0 unspecified atom stereocenters. The van der Waals surface area contributed by atoms with Gasteiger partial charge in [0.15, 0.2) is 12.0 Å². The first-order valence-electron chi connectivity index (χ1n) is 6.33. The fourth-order valence-corrected chi connectivity index (χ4v) is 1.83. The minimum absolute atomic E-state index is 0.156. The van der Waals surface area contributed by atoms with Crippen molar-refractivity contribution in [3.8, 4) is 0 Å². The van der Waals surface area contributed by atoms with E-state index in [9.17, 15) is 19.2 Å². The third kappa shape index (κ3) is 4.07. The molecule has 1 heterocycles. The molecule has 1 aromatic heterocycles. The van der Waals surface area contributed by atoms with E-state index in [0.29, 0.717) is 5.02 Å². The summed E-state index contributed by atoms with van der Waals surface area (Å²) in [4.78, 5) is 45.9. The molecule has 2 aromatic rings. The van der Waals surface area contributed by atoms with E-state index in [1.54, 1.807) is 0 Å². The first kappa shape index (κ1) is 16.5. The second kappa shape index (κ2) is 6.93. The normalized spacial score (nSPS) is 10.2. The zero-order valence-electron chi connectivity index (χ0n) is 11.8. The number of amides is 3. The number of nitrogens with one attached hydrogen (secondary N) is 2. The van der Waals surface area contributed by atoms with Gasteiger partial charge in [-0.1, -0.05) is 11.6 Å². The SMILES string of the molecule is CNC(=O)NC(=O)COC(=O)c1cc(=O)c2cc(Cl)ccc2o1. The summed E-state index contributed by atoms with van der Waals surface area (Å²) in [5.74, 6) is -2.20. The van der Waals surface area contributed by atoms with Crippen LogP contribution in [-0.2, 0) is 9.53 Å². The lowest BCUT2D eigenvalue weighted by Gasteiger charge is -2.05. The van der Waals surface area contributed by atoms with Crippen LogP contribution in [0, 0.1) is 0 Å². The summed E-state index contributed by atoms with van der Waals surface area (Å²) < 4.78 is 9.92. The van der Waals surface area contributed by atoms with Crippen molar-refractivity contribution in [3.05, 3.63) is 45.3 Å². The Bertz CT molecular complexity index is 845. The van der Waals surface area contributed by atoms with Crippen molar-refractivity contribution >= 4 is 40.5 Å². The van der Waals surface area contributed by atoms with Crippen molar-refractivity contribution in [1.82, 2.24) is 10.6 Å². The standard InChI is InChI=1S/C14H11ClN2O6/c1-16-14(21)17-12(19)6-22-13(20)11-5-9(18)8-4-7(15)2-3-10(8)23-11/h2-5H,6H2,1H3,(H2,16,17,19,21). The molecule has 2 rings (SSSR count). The molecule has 2 N–H and O–H groups in total. The molecule has 1 aromatic carbocycles. The smallest absolute Gasteiger partial charge is 0.374 e. The number of rotatable bonds is 3. The predicted molar refractivity (Wildman–Crippen MR) is 80.4 cm³/mol. The second-order valence-electron chi connectivity index (χ2n) is 4.32. The lowest BCUT2D eigenvalue weighted by molar-refractivity contribution is -0.123. The number of urea groups is 1. The van der Waals surface area contributed by atoms with Crippen LogP contribution in [0.2, 0.25) is 5.02 Å². The molecule has 0 radical (unpaired) electrons. The maximum absolute atomic E-state index is 11.9. The zero-order valence-corrected chi connectivity index (χ0v) is 12.6. The van der Waals surface area contributed by atoms with Gasteiger partial charge in [0, 0.05) is 18.1 Å². The molecule has 9 heteroatoms. The highest BCUT2D eigenvalue weighted by atomic mass is 35.5. The van der Waals surface area contributed by atoms with E-state index in [1.807, 2.05) is 5.32 Å². The Hall–Kier alpha value is -2.87. The van der Waals surface area contributed by atoms with E-state index in [0.717, 1.165) is 6.07 Å². The molecule has 0 saturated carbocycles. The molecule has 0 aliphatic rings. The molecule has 3 amide bonds. The molecule has 0 atom stereocenters. The Balaban J connectivity index is 2.12. The van der Waals surface area contributed by atoms with E-state index < -0.39 is 29.9 Å². The van der Waals surface area contributed by atoms with Gasteiger partial charge >= 0.3 is 12.0 Å². The summed E-state index contributed by atoms with van der Waals surface area (Å²) in [6, 6.07) is 4.55. The Morgan fingerprint density at radius 3 is 2.70 bits per heavy atom. The molecular weight excluding hydrogens is 328 g/mol. The van der Waals surface area contributed by atoms with Crippen LogP contribution in [0.3, 0.4) is 0 Å². The monoisotopic (exact) mass is 338 g/mol. The van der Waals surface area contributed by atoms with Crippen LogP contribution < -0.4 is 16.1 Å². The van der Waals surface area contributed by atoms with Crippen molar-refractivity contribution in [2.24, 2.45) is 0 Å². The summed E-state index contributed by atoms with van der Waals surface area (Å²) in [6.45, 7) is -0.700. The molecule has 0 bridgehead atoms. The average Bonchev–Trinajstić information content (AvgIpc) is 2.52. The third-order valence-corrected chi connectivity index (χ3v) is 2.94. The number of benzene rings is 1. The second-order valence-corrected chi connectivity index (χ2v) is 4.76. The summed E-state index contributed by atoms with van der Waals surface area (Å²) in [5, 5.41) is 4.64. The molecular formula is C14H11ClN2O6. The lowest BCUT2D eigenvalue weighted by atomic mass is 10.2. The fourth-order valence-electron chi connectivity index (χ4n) is 1.66. The Labute approximate surface area is 134 Å². The van der Waals surface area contributed by atoms with Gasteiger partial charge in [-0.05, 0) is 18.2 Å². The van der Waals surface area contributed by atoms with Gasteiger partial charge < -0.3 is 14.5 Å². The van der Waals surface area contributed by atoms with Crippen LogP contribution in [0.15, 0.2) is 33.5 Å². The average molecular weight is 339 g/mol. The van der Waals surface area contributed by atoms with Crippen LogP contribution >= 0.6 is 11.6 Å². The van der Waals surface area contributed by atoms with E-state index >= 15 is 0 Å². The van der Waals surface area contributed by atoms with Crippen LogP contribution in [-0.4, -0.2) is 31.6 Å². The van der Waals surface area contributed by atoms with Gasteiger partial charge in [-0.15, -0.1) is 0 Å². The molecule has 0 saturated heterocycles. The minimum atomic E-state index is -1.01. The highest BCUT2D eigenvalue weighted by Gasteiger charge is 2.16. The first-order valence-corrected chi connectivity index (χ1v) is 6.70. The fraction of sp³-hybridized carbons (Fsp3) is 0.143. The number of carbonyl (C=O) groups excluding carboxylic acids is 3. The van der Waals surface area contributed by atoms with Crippen molar-refractivity contribution in [2.75, 3.05) is 13.7 Å². The van der Waals surface area contributed by atoms with Crippen LogP contribution in [0.1, 0.15) is 10.6 Å². The van der Waals surface area contributed by atoms with Gasteiger partial charge in [-0.2, -0.15) is 0 Å².